The Hall–Kier alpha value is -2.80. The van der Waals surface area contributed by atoms with Crippen molar-refractivity contribution in [2.24, 2.45) is 0 Å². The number of nitrogens with one attached hydrogen (secondary N) is 1. The standard InChI is InChI=1S/C17H19N3O/c1-3-10-20(11-4-2)17(21)16(12-18)14-19-13-15-8-6-5-7-9-15/h3-9,14,19H,1-2,10-11,13H2/b16-14-. The molecule has 0 radical (unpaired) electrons. The molecule has 0 saturated heterocycles. The molecule has 0 aliphatic heterocycles. The lowest BCUT2D eigenvalue weighted by atomic mass is 10.2. The van der Waals surface area contributed by atoms with E-state index in [-0.39, 0.29) is 11.5 Å². The summed E-state index contributed by atoms with van der Waals surface area (Å²) in [4.78, 5) is 13.7. The van der Waals surface area contributed by atoms with E-state index in [1.54, 1.807) is 12.2 Å². The van der Waals surface area contributed by atoms with Crippen LogP contribution in [0.5, 0.6) is 0 Å². The van der Waals surface area contributed by atoms with Crippen LogP contribution in [-0.4, -0.2) is 23.9 Å². The van der Waals surface area contributed by atoms with E-state index in [4.69, 9.17) is 5.26 Å². The van der Waals surface area contributed by atoms with Gasteiger partial charge in [-0.2, -0.15) is 5.26 Å². The molecule has 1 aromatic carbocycles. The average molecular weight is 281 g/mol. The average Bonchev–Trinajstić information content (AvgIpc) is 2.52. The van der Waals surface area contributed by atoms with Crippen LogP contribution in [0.1, 0.15) is 5.56 Å². The van der Waals surface area contributed by atoms with Gasteiger partial charge in [0.25, 0.3) is 5.91 Å². The summed E-state index contributed by atoms with van der Waals surface area (Å²) < 4.78 is 0. The summed E-state index contributed by atoms with van der Waals surface area (Å²) in [5.41, 5.74) is 1.14. The van der Waals surface area contributed by atoms with Crippen molar-refractivity contribution in [3.05, 3.63) is 73.0 Å². The summed E-state index contributed by atoms with van der Waals surface area (Å²) in [5.74, 6) is -0.335. The normalized spacial score (nSPS) is 10.3. The molecule has 1 N–H and O–H groups in total. The summed E-state index contributed by atoms with van der Waals surface area (Å²) in [6, 6.07) is 11.7. The van der Waals surface area contributed by atoms with Gasteiger partial charge in [-0.3, -0.25) is 4.79 Å². The lowest BCUT2D eigenvalue weighted by Crippen LogP contribution is -2.32. The molecule has 0 fully saturated rings. The van der Waals surface area contributed by atoms with Crippen molar-refractivity contribution in [2.75, 3.05) is 13.1 Å². The fourth-order valence-electron chi connectivity index (χ4n) is 1.73. The van der Waals surface area contributed by atoms with E-state index in [1.165, 1.54) is 11.1 Å². The fraction of sp³-hybridized carbons (Fsp3) is 0.176. The van der Waals surface area contributed by atoms with Crippen LogP contribution in [0.4, 0.5) is 0 Å². The molecule has 108 valence electrons. The summed E-state index contributed by atoms with van der Waals surface area (Å²) in [6.07, 6.45) is 4.69. The molecule has 21 heavy (non-hydrogen) atoms. The van der Waals surface area contributed by atoms with Gasteiger partial charge in [0, 0.05) is 25.8 Å². The Kier molecular flexibility index (Phi) is 7.09. The molecule has 1 rings (SSSR count). The lowest BCUT2D eigenvalue weighted by Gasteiger charge is -2.18. The topological polar surface area (TPSA) is 56.1 Å². The number of benzene rings is 1. The first-order valence-electron chi connectivity index (χ1n) is 6.61. The molecule has 0 atom stereocenters. The van der Waals surface area contributed by atoms with Crippen molar-refractivity contribution < 1.29 is 4.79 Å². The first-order chi connectivity index (χ1) is 10.2. The summed E-state index contributed by atoms with van der Waals surface area (Å²) >= 11 is 0. The minimum atomic E-state index is -0.335. The van der Waals surface area contributed by atoms with Gasteiger partial charge < -0.3 is 10.2 Å². The van der Waals surface area contributed by atoms with Crippen molar-refractivity contribution in [1.82, 2.24) is 10.2 Å². The Morgan fingerprint density at radius 3 is 2.38 bits per heavy atom. The van der Waals surface area contributed by atoms with Crippen LogP contribution in [0.2, 0.25) is 0 Å². The highest BCUT2D eigenvalue weighted by molar-refractivity contribution is 5.97. The predicted molar refractivity (Wildman–Crippen MR) is 84.0 cm³/mol. The number of hydrogen-bond donors (Lipinski definition) is 1. The molecule has 4 nitrogen and oxygen atoms in total. The second kappa shape index (κ2) is 9.16. The Morgan fingerprint density at radius 1 is 1.24 bits per heavy atom. The number of carbonyl (C=O) groups is 1. The molecular weight excluding hydrogens is 262 g/mol. The highest BCUT2D eigenvalue weighted by Crippen LogP contribution is 2.02. The monoisotopic (exact) mass is 281 g/mol. The smallest absolute Gasteiger partial charge is 0.266 e. The maximum absolute atomic E-state index is 12.2. The third-order valence-electron chi connectivity index (χ3n) is 2.73. The minimum absolute atomic E-state index is 0.0645. The number of nitrogens with zero attached hydrogens (tertiary/aromatic N) is 2. The molecule has 0 heterocycles. The van der Waals surface area contributed by atoms with E-state index in [9.17, 15) is 4.79 Å². The Balaban J connectivity index is 2.69. The van der Waals surface area contributed by atoms with Crippen molar-refractivity contribution in [2.45, 2.75) is 6.54 Å². The molecule has 1 aromatic rings. The Bertz CT molecular complexity index is 545. The Morgan fingerprint density at radius 2 is 1.86 bits per heavy atom. The van der Waals surface area contributed by atoms with E-state index in [0.717, 1.165) is 5.56 Å². The fourth-order valence-corrected chi connectivity index (χ4v) is 1.73. The number of rotatable bonds is 8. The molecule has 0 aromatic heterocycles. The molecule has 0 spiro atoms. The van der Waals surface area contributed by atoms with Crippen molar-refractivity contribution in [1.29, 1.82) is 5.26 Å². The number of carbonyl (C=O) groups excluding carboxylic acids is 1. The molecule has 4 heteroatoms. The van der Waals surface area contributed by atoms with E-state index in [1.807, 2.05) is 36.4 Å². The van der Waals surface area contributed by atoms with Gasteiger partial charge in [-0.15, -0.1) is 13.2 Å². The number of hydrogen-bond acceptors (Lipinski definition) is 3. The molecule has 0 aliphatic carbocycles. The van der Waals surface area contributed by atoms with Gasteiger partial charge in [0.2, 0.25) is 0 Å². The van der Waals surface area contributed by atoms with Crippen LogP contribution in [0.3, 0.4) is 0 Å². The summed E-state index contributed by atoms with van der Waals surface area (Å²) in [7, 11) is 0. The predicted octanol–water partition coefficient (Wildman–Crippen LogP) is 2.38. The summed E-state index contributed by atoms with van der Waals surface area (Å²) in [5, 5.41) is 12.1. The zero-order chi connectivity index (χ0) is 15.5. The number of nitriles is 1. The van der Waals surface area contributed by atoms with Crippen molar-refractivity contribution >= 4 is 5.91 Å². The second-order valence-corrected chi connectivity index (χ2v) is 4.32. The van der Waals surface area contributed by atoms with Crippen LogP contribution in [-0.2, 0) is 11.3 Å². The van der Waals surface area contributed by atoms with Crippen LogP contribution < -0.4 is 5.32 Å². The Labute approximate surface area is 125 Å². The number of amides is 1. The van der Waals surface area contributed by atoms with Crippen LogP contribution in [0.25, 0.3) is 0 Å². The zero-order valence-electron chi connectivity index (χ0n) is 12.0. The van der Waals surface area contributed by atoms with Crippen LogP contribution in [0.15, 0.2) is 67.4 Å². The van der Waals surface area contributed by atoms with Crippen molar-refractivity contribution in [3.8, 4) is 6.07 Å². The third kappa shape index (κ3) is 5.37. The molecule has 0 aliphatic rings. The van der Waals surface area contributed by atoms with E-state index < -0.39 is 0 Å². The highest BCUT2D eigenvalue weighted by Gasteiger charge is 2.15. The molecule has 0 unspecified atom stereocenters. The largest absolute Gasteiger partial charge is 0.386 e. The van der Waals surface area contributed by atoms with Gasteiger partial charge in [-0.25, -0.2) is 0 Å². The van der Waals surface area contributed by atoms with E-state index in [0.29, 0.717) is 19.6 Å². The maximum Gasteiger partial charge on any atom is 0.266 e. The van der Waals surface area contributed by atoms with Gasteiger partial charge in [0.1, 0.15) is 11.6 Å². The van der Waals surface area contributed by atoms with E-state index in [2.05, 4.69) is 18.5 Å². The lowest BCUT2D eigenvalue weighted by molar-refractivity contribution is -0.125. The molecular formula is C17H19N3O. The van der Waals surface area contributed by atoms with Gasteiger partial charge in [-0.05, 0) is 5.56 Å². The van der Waals surface area contributed by atoms with Crippen molar-refractivity contribution in [3.63, 3.8) is 0 Å². The molecule has 0 bridgehead atoms. The van der Waals surface area contributed by atoms with Gasteiger partial charge in [0.15, 0.2) is 0 Å². The highest BCUT2D eigenvalue weighted by atomic mass is 16.2. The maximum atomic E-state index is 12.2. The first-order valence-corrected chi connectivity index (χ1v) is 6.61. The summed E-state index contributed by atoms with van der Waals surface area (Å²) in [6.45, 7) is 8.52. The van der Waals surface area contributed by atoms with Crippen LogP contribution in [0, 0.1) is 11.3 Å². The molecule has 0 saturated carbocycles. The molecule has 1 amide bonds. The quantitative estimate of drug-likeness (QED) is 0.452. The van der Waals surface area contributed by atoms with Gasteiger partial charge >= 0.3 is 0 Å². The third-order valence-corrected chi connectivity index (χ3v) is 2.73. The zero-order valence-corrected chi connectivity index (χ0v) is 12.0. The van der Waals surface area contributed by atoms with Gasteiger partial charge in [0.05, 0.1) is 0 Å². The van der Waals surface area contributed by atoms with E-state index >= 15 is 0 Å². The van der Waals surface area contributed by atoms with Crippen LogP contribution >= 0.6 is 0 Å². The van der Waals surface area contributed by atoms with Gasteiger partial charge in [-0.1, -0.05) is 42.5 Å². The minimum Gasteiger partial charge on any atom is -0.386 e. The first kappa shape index (κ1) is 16.3. The SMILES string of the molecule is C=CCN(CC=C)C(=O)/C(C#N)=C\NCc1ccccc1. The second-order valence-electron chi connectivity index (χ2n) is 4.32.